The number of amides is 1. The summed E-state index contributed by atoms with van der Waals surface area (Å²) in [6, 6.07) is 4.52. The van der Waals surface area contributed by atoms with Crippen molar-refractivity contribution in [2.24, 2.45) is 0 Å². The van der Waals surface area contributed by atoms with Crippen LogP contribution in [-0.4, -0.2) is 35.6 Å². The van der Waals surface area contributed by atoms with Gasteiger partial charge in [0.05, 0.1) is 18.2 Å². The van der Waals surface area contributed by atoms with E-state index in [1.807, 2.05) is 13.8 Å². The van der Waals surface area contributed by atoms with Crippen LogP contribution in [0.4, 0.5) is 0 Å². The molecule has 124 valence electrons. The molecular formula is C17H23N3O2S. The summed E-state index contributed by atoms with van der Waals surface area (Å²) in [5.41, 5.74) is 1.70. The van der Waals surface area contributed by atoms with Gasteiger partial charge in [-0.05, 0) is 51.2 Å². The van der Waals surface area contributed by atoms with E-state index in [1.165, 1.54) is 17.7 Å². The Labute approximate surface area is 140 Å². The molecule has 1 amide bonds. The van der Waals surface area contributed by atoms with E-state index in [-0.39, 0.29) is 11.9 Å². The van der Waals surface area contributed by atoms with Gasteiger partial charge in [0.1, 0.15) is 5.76 Å². The lowest BCUT2D eigenvalue weighted by molar-refractivity contribution is -0.120. The van der Waals surface area contributed by atoms with Gasteiger partial charge in [0, 0.05) is 17.0 Å². The molecule has 1 aliphatic heterocycles. The van der Waals surface area contributed by atoms with Crippen molar-refractivity contribution in [1.29, 1.82) is 0 Å². The van der Waals surface area contributed by atoms with Crippen LogP contribution < -0.4 is 5.32 Å². The van der Waals surface area contributed by atoms with Crippen molar-refractivity contribution in [3.05, 3.63) is 39.4 Å². The number of likely N-dealkylation sites (tertiary alicyclic amines) is 1. The maximum atomic E-state index is 12.3. The van der Waals surface area contributed by atoms with E-state index in [2.05, 4.69) is 32.9 Å². The molecule has 3 rings (SSSR count). The number of hydrogen-bond acceptors (Lipinski definition) is 5. The van der Waals surface area contributed by atoms with E-state index < -0.39 is 0 Å². The number of rotatable bonds is 6. The average Bonchev–Trinajstić information content (AvgIpc) is 3.27. The van der Waals surface area contributed by atoms with Crippen molar-refractivity contribution < 1.29 is 9.32 Å². The Bertz CT molecular complexity index is 625. The molecule has 0 saturated carbocycles. The lowest BCUT2D eigenvalue weighted by Crippen LogP contribution is -2.37. The molecule has 1 N–H and O–H groups in total. The van der Waals surface area contributed by atoms with Gasteiger partial charge < -0.3 is 9.84 Å². The topological polar surface area (TPSA) is 58.4 Å². The molecule has 5 nitrogen and oxygen atoms in total. The van der Waals surface area contributed by atoms with Crippen molar-refractivity contribution in [2.75, 3.05) is 19.6 Å². The molecule has 0 bridgehead atoms. The van der Waals surface area contributed by atoms with Crippen LogP contribution in [0.3, 0.4) is 0 Å². The number of thiophene rings is 1. The molecule has 0 aromatic carbocycles. The molecule has 3 heterocycles. The second kappa shape index (κ2) is 7.27. The van der Waals surface area contributed by atoms with Crippen LogP contribution in [0.5, 0.6) is 0 Å². The first-order valence-electron chi connectivity index (χ1n) is 8.11. The predicted octanol–water partition coefficient (Wildman–Crippen LogP) is 2.85. The van der Waals surface area contributed by atoms with Gasteiger partial charge in [-0.3, -0.25) is 9.69 Å². The Kier molecular flexibility index (Phi) is 5.13. The minimum Gasteiger partial charge on any atom is -0.361 e. The number of aromatic nitrogens is 1. The van der Waals surface area contributed by atoms with Crippen molar-refractivity contribution in [1.82, 2.24) is 15.4 Å². The quantitative estimate of drug-likeness (QED) is 0.883. The molecule has 0 radical (unpaired) electrons. The van der Waals surface area contributed by atoms with Crippen molar-refractivity contribution in [3.8, 4) is 0 Å². The molecule has 2 aromatic rings. The highest BCUT2D eigenvalue weighted by atomic mass is 32.1. The zero-order chi connectivity index (χ0) is 16.2. The molecule has 0 spiro atoms. The molecule has 0 unspecified atom stereocenters. The van der Waals surface area contributed by atoms with Gasteiger partial charge >= 0.3 is 0 Å². The van der Waals surface area contributed by atoms with Crippen LogP contribution in [0.25, 0.3) is 0 Å². The molecular weight excluding hydrogens is 310 g/mol. The summed E-state index contributed by atoms with van der Waals surface area (Å²) in [6.45, 7) is 6.60. The second-order valence-corrected chi connectivity index (χ2v) is 7.04. The fraction of sp³-hybridized carbons (Fsp3) is 0.529. The molecule has 1 fully saturated rings. The fourth-order valence-electron chi connectivity index (χ4n) is 3.13. The third-order valence-corrected chi connectivity index (χ3v) is 5.44. The number of carbonyl (C=O) groups excluding carboxylic acids is 1. The summed E-state index contributed by atoms with van der Waals surface area (Å²) in [7, 11) is 0. The third-order valence-electron chi connectivity index (χ3n) is 4.46. The number of nitrogens with zero attached hydrogens (tertiary/aromatic N) is 2. The summed E-state index contributed by atoms with van der Waals surface area (Å²) in [6.07, 6.45) is 2.82. The summed E-state index contributed by atoms with van der Waals surface area (Å²) in [5.74, 6) is 0.757. The fourth-order valence-corrected chi connectivity index (χ4v) is 3.99. The van der Waals surface area contributed by atoms with E-state index in [1.54, 1.807) is 11.3 Å². The van der Waals surface area contributed by atoms with E-state index in [0.717, 1.165) is 30.1 Å². The lowest BCUT2D eigenvalue weighted by atomic mass is 10.1. The van der Waals surface area contributed by atoms with Gasteiger partial charge in [0.15, 0.2) is 0 Å². The van der Waals surface area contributed by atoms with E-state index in [4.69, 9.17) is 4.52 Å². The third kappa shape index (κ3) is 3.82. The first kappa shape index (κ1) is 16.2. The molecule has 0 aliphatic carbocycles. The Morgan fingerprint density at radius 1 is 1.43 bits per heavy atom. The van der Waals surface area contributed by atoms with Crippen LogP contribution >= 0.6 is 11.3 Å². The summed E-state index contributed by atoms with van der Waals surface area (Å²) >= 11 is 1.76. The number of hydrogen-bond donors (Lipinski definition) is 1. The molecule has 1 atom stereocenters. The van der Waals surface area contributed by atoms with E-state index >= 15 is 0 Å². The van der Waals surface area contributed by atoms with E-state index in [9.17, 15) is 4.79 Å². The van der Waals surface area contributed by atoms with Crippen LogP contribution in [0.2, 0.25) is 0 Å². The predicted molar refractivity (Wildman–Crippen MR) is 90.6 cm³/mol. The molecule has 2 aromatic heterocycles. The smallest absolute Gasteiger partial charge is 0.224 e. The molecule has 6 heteroatoms. The number of aryl methyl sites for hydroxylation is 2. The Morgan fingerprint density at radius 2 is 2.22 bits per heavy atom. The highest BCUT2D eigenvalue weighted by molar-refractivity contribution is 7.10. The van der Waals surface area contributed by atoms with Crippen LogP contribution in [0.15, 0.2) is 22.0 Å². The minimum atomic E-state index is 0.0279. The maximum absolute atomic E-state index is 12.3. The van der Waals surface area contributed by atoms with Crippen molar-refractivity contribution >= 4 is 17.2 Å². The van der Waals surface area contributed by atoms with Crippen LogP contribution in [0, 0.1) is 13.8 Å². The van der Waals surface area contributed by atoms with Gasteiger partial charge in [-0.25, -0.2) is 0 Å². The van der Waals surface area contributed by atoms with E-state index in [0.29, 0.717) is 13.0 Å². The standard InChI is InChI=1S/C17H23N3O2S/c1-12-14(13(2)22-19-12)10-17(21)18-11-15(16-6-5-9-23-16)20-7-3-4-8-20/h5-6,9,15H,3-4,7-8,10-11H2,1-2H3,(H,18,21)/t15-/m0/s1. The zero-order valence-corrected chi connectivity index (χ0v) is 14.5. The Hall–Kier alpha value is -1.66. The SMILES string of the molecule is Cc1noc(C)c1CC(=O)NC[C@@H](c1cccs1)N1CCCC1. The normalized spacial score (nSPS) is 16.6. The maximum Gasteiger partial charge on any atom is 0.224 e. The van der Waals surface area contributed by atoms with Crippen molar-refractivity contribution in [2.45, 2.75) is 39.2 Å². The Morgan fingerprint density at radius 3 is 2.83 bits per heavy atom. The monoisotopic (exact) mass is 333 g/mol. The number of nitrogens with one attached hydrogen (secondary N) is 1. The first-order valence-corrected chi connectivity index (χ1v) is 8.99. The number of carbonyl (C=O) groups is 1. The van der Waals surface area contributed by atoms with Crippen LogP contribution in [-0.2, 0) is 11.2 Å². The van der Waals surface area contributed by atoms with Gasteiger partial charge in [0.25, 0.3) is 0 Å². The van der Waals surface area contributed by atoms with Crippen LogP contribution in [0.1, 0.15) is 40.8 Å². The molecule has 1 saturated heterocycles. The highest BCUT2D eigenvalue weighted by Crippen LogP contribution is 2.27. The Balaban J connectivity index is 1.61. The zero-order valence-electron chi connectivity index (χ0n) is 13.7. The summed E-state index contributed by atoms with van der Waals surface area (Å²) in [4.78, 5) is 16.1. The molecule has 23 heavy (non-hydrogen) atoms. The largest absolute Gasteiger partial charge is 0.361 e. The van der Waals surface area contributed by atoms with Gasteiger partial charge in [-0.2, -0.15) is 0 Å². The van der Waals surface area contributed by atoms with Gasteiger partial charge in [0.2, 0.25) is 5.91 Å². The van der Waals surface area contributed by atoms with Crippen molar-refractivity contribution in [3.63, 3.8) is 0 Å². The highest BCUT2D eigenvalue weighted by Gasteiger charge is 2.25. The molecule has 1 aliphatic rings. The van der Waals surface area contributed by atoms with Gasteiger partial charge in [-0.15, -0.1) is 11.3 Å². The van der Waals surface area contributed by atoms with Gasteiger partial charge in [-0.1, -0.05) is 11.2 Å². The summed E-state index contributed by atoms with van der Waals surface area (Å²) < 4.78 is 5.13. The average molecular weight is 333 g/mol. The minimum absolute atomic E-state index is 0.0279. The first-order chi connectivity index (χ1) is 11.1. The lowest BCUT2D eigenvalue weighted by Gasteiger charge is -2.26. The second-order valence-electron chi connectivity index (χ2n) is 6.06. The summed E-state index contributed by atoms with van der Waals surface area (Å²) in [5, 5.41) is 9.11.